The summed E-state index contributed by atoms with van der Waals surface area (Å²) in [5.74, 6) is 1.72. The fourth-order valence-corrected chi connectivity index (χ4v) is 9.20. The third-order valence-electron chi connectivity index (χ3n) is 11.9. The van der Waals surface area contributed by atoms with Gasteiger partial charge in [0.15, 0.2) is 0 Å². The molecule has 2 aliphatic rings. The number of nitrogens with zero attached hydrogens (tertiary/aromatic N) is 1. The molecule has 0 atom stereocenters. The number of rotatable bonds is 4. The van der Waals surface area contributed by atoms with Crippen LogP contribution < -0.4 is 9.64 Å². The van der Waals surface area contributed by atoms with Crippen LogP contribution in [0.25, 0.3) is 66.1 Å². The molecule has 0 fully saturated rings. The van der Waals surface area contributed by atoms with Gasteiger partial charge in [-0.15, -0.1) is 0 Å². The molecule has 0 radical (unpaired) electrons. The smallest absolute Gasteiger partial charge is 0.143 e. The molecular weight excluding hydrogens is 667 g/mol. The molecular formula is C53H37NO. The molecule has 0 amide bonds. The van der Waals surface area contributed by atoms with Crippen LogP contribution in [0.5, 0.6) is 11.5 Å². The Balaban J connectivity index is 1.16. The van der Waals surface area contributed by atoms with Crippen LogP contribution in [-0.2, 0) is 5.41 Å². The van der Waals surface area contributed by atoms with Gasteiger partial charge < -0.3 is 9.64 Å². The first kappa shape index (κ1) is 31.6. The van der Waals surface area contributed by atoms with Crippen molar-refractivity contribution in [3.63, 3.8) is 0 Å². The summed E-state index contributed by atoms with van der Waals surface area (Å²) in [6.07, 6.45) is 0. The van der Waals surface area contributed by atoms with E-state index >= 15 is 0 Å². The van der Waals surface area contributed by atoms with Gasteiger partial charge in [0.05, 0.1) is 5.69 Å². The highest BCUT2D eigenvalue weighted by atomic mass is 16.5. The lowest BCUT2D eigenvalue weighted by Gasteiger charge is -2.30. The number of fused-ring (bicyclic) bond motifs is 11. The van der Waals surface area contributed by atoms with Crippen LogP contribution in [0.3, 0.4) is 0 Å². The van der Waals surface area contributed by atoms with Crippen molar-refractivity contribution in [2.45, 2.75) is 19.3 Å². The second kappa shape index (κ2) is 12.1. The molecule has 0 unspecified atom stereocenters. The fourth-order valence-electron chi connectivity index (χ4n) is 9.20. The molecule has 9 aromatic rings. The maximum absolute atomic E-state index is 7.05. The topological polar surface area (TPSA) is 12.5 Å². The van der Waals surface area contributed by atoms with Crippen molar-refractivity contribution in [1.82, 2.24) is 0 Å². The van der Waals surface area contributed by atoms with E-state index in [4.69, 9.17) is 4.74 Å². The first-order chi connectivity index (χ1) is 27.0. The Morgan fingerprint density at radius 2 is 1.00 bits per heavy atom. The number of anilines is 3. The Morgan fingerprint density at radius 3 is 1.84 bits per heavy atom. The van der Waals surface area contributed by atoms with Crippen LogP contribution in [0.1, 0.15) is 25.0 Å². The first-order valence-electron chi connectivity index (χ1n) is 19.1. The largest absolute Gasteiger partial charge is 0.455 e. The molecule has 2 heteroatoms. The van der Waals surface area contributed by atoms with Crippen molar-refractivity contribution in [1.29, 1.82) is 0 Å². The molecule has 1 aliphatic carbocycles. The van der Waals surface area contributed by atoms with Crippen molar-refractivity contribution < 1.29 is 4.74 Å². The van der Waals surface area contributed by atoms with Crippen molar-refractivity contribution in [3.05, 3.63) is 199 Å². The average molecular weight is 704 g/mol. The molecule has 0 N–H and O–H groups in total. The molecule has 1 heterocycles. The molecule has 9 aromatic carbocycles. The molecule has 2 nitrogen and oxygen atoms in total. The minimum atomic E-state index is -0.137. The molecule has 1 aliphatic heterocycles. The van der Waals surface area contributed by atoms with E-state index in [9.17, 15) is 0 Å². The predicted octanol–water partition coefficient (Wildman–Crippen LogP) is 14.9. The van der Waals surface area contributed by atoms with Crippen molar-refractivity contribution in [2.75, 3.05) is 4.90 Å². The van der Waals surface area contributed by atoms with Crippen LogP contribution in [0, 0.1) is 0 Å². The second-order valence-corrected chi connectivity index (χ2v) is 15.3. The molecule has 0 bridgehead atoms. The monoisotopic (exact) mass is 703 g/mol. The van der Waals surface area contributed by atoms with Crippen LogP contribution in [0.2, 0.25) is 0 Å². The van der Waals surface area contributed by atoms with Gasteiger partial charge in [-0.05, 0) is 91.5 Å². The third kappa shape index (κ3) is 4.81. The van der Waals surface area contributed by atoms with Crippen LogP contribution in [-0.4, -0.2) is 0 Å². The van der Waals surface area contributed by atoms with E-state index in [0.29, 0.717) is 0 Å². The van der Waals surface area contributed by atoms with Gasteiger partial charge in [-0.1, -0.05) is 166 Å². The molecule has 0 aromatic heterocycles. The lowest BCUT2D eigenvalue weighted by molar-refractivity contribution is 0.489. The minimum absolute atomic E-state index is 0.137. The lowest BCUT2D eigenvalue weighted by Crippen LogP contribution is -2.16. The fraction of sp³-hybridized carbons (Fsp3) is 0.0566. The van der Waals surface area contributed by atoms with E-state index in [1.165, 1.54) is 43.8 Å². The van der Waals surface area contributed by atoms with Gasteiger partial charge >= 0.3 is 0 Å². The minimum Gasteiger partial charge on any atom is -0.455 e. The summed E-state index contributed by atoms with van der Waals surface area (Å²) in [4.78, 5) is 2.46. The summed E-state index contributed by atoms with van der Waals surface area (Å²) in [5.41, 5.74) is 15.2. The first-order valence-corrected chi connectivity index (χ1v) is 19.1. The predicted molar refractivity (Wildman–Crippen MR) is 230 cm³/mol. The van der Waals surface area contributed by atoms with Gasteiger partial charge in [0, 0.05) is 38.9 Å². The third-order valence-corrected chi connectivity index (χ3v) is 11.9. The maximum Gasteiger partial charge on any atom is 0.143 e. The summed E-state index contributed by atoms with van der Waals surface area (Å²) in [6.45, 7) is 4.71. The van der Waals surface area contributed by atoms with E-state index in [1.807, 2.05) is 0 Å². The highest BCUT2D eigenvalue weighted by Crippen LogP contribution is 2.54. The summed E-state index contributed by atoms with van der Waals surface area (Å²) in [7, 11) is 0. The van der Waals surface area contributed by atoms with E-state index in [1.54, 1.807) is 0 Å². The van der Waals surface area contributed by atoms with Gasteiger partial charge in [-0.3, -0.25) is 0 Å². The van der Waals surface area contributed by atoms with Crippen molar-refractivity contribution in [2.24, 2.45) is 0 Å². The molecule has 55 heavy (non-hydrogen) atoms. The summed E-state index contributed by atoms with van der Waals surface area (Å²) in [5, 5.41) is 4.91. The zero-order valence-electron chi connectivity index (χ0n) is 30.8. The SMILES string of the molecule is CC1(C)c2ccccc2-c2ccc(N(c3ccc4c(c3)-c3ccccc3-c3cccc(-c5ccccc5)c3O4)c3cc4ccccc4c4ccccc34)cc21. The standard InChI is InChI=1S/C53H37NO/c1-53(2)48-26-13-12-22-43(48)44-29-27-37(33-49(44)53)54(50-31-35-17-6-7-18-38(35)40-19-10-11-23-45(40)50)36-28-30-51-47(32-36)42-21-9-8-20-41(42)46-25-14-24-39(52(46)55-51)34-15-4-3-5-16-34/h3-33H,1-2H3. The summed E-state index contributed by atoms with van der Waals surface area (Å²) in [6, 6.07) is 68.4. The normalized spacial score (nSPS) is 13.2. The summed E-state index contributed by atoms with van der Waals surface area (Å²) >= 11 is 0. The molecule has 260 valence electrons. The quantitative estimate of drug-likeness (QED) is 0.169. The molecule has 11 rings (SSSR count). The van der Waals surface area contributed by atoms with Gasteiger partial charge in [-0.2, -0.15) is 0 Å². The van der Waals surface area contributed by atoms with Crippen LogP contribution in [0.15, 0.2) is 188 Å². The zero-order chi connectivity index (χ0) is 36.7. The highest BCUT2D eigenvalue weighted by Gasteiger charge is 2.36. The number of hydrogen-bond acceptors (Lipinski definition) is 2. The van der Waals surface area contributed by atoms with Crippen molar-refractivity contribution in [3.8, 4) is 56.0 Å². The molecule has 0 spiro atoms. The number of benzene rings is 9. The van der Waals surface area contributed by atoms with E-state index in [0.717, 1.165) is 61.9 Å². The van der Waals surface area contributed by atoms with E-state index in [2.05, 4.69) is 207 Å². The maximum atomic E-state index is 7.05. The number of para-hydroxylation sites is 1. The van der Waals surface area contributed by atoms with Crippen LogP contribution >= 0.6 is 0 Å². The Hall–Kier alpha value is -6.90. The Labute approximate surface area is 321 Å². The highest BCUT2D eigenvalue weighted by molar-refractivity contribution is 6.14. The number of hydrogen-bond donors (Lipinski definition) is 0. The lowest BCUT2D eigenvalue weighted by atomic mass is 9.82. The van der Waals surface area contributed by atoms with Gasteiger partial charge in [0.25, 0.3) is 0 Å². The van der Waals surface area contributed by atoms with E-state index in [-0.39, 0.29) is 5.41 Å². The summed E-state index contributed by atoms with van der Waals surface area (Å²) < 4.78 is 7.05. The van der Waals surface area contributed by atoms with Gasteiger partial charge in [0.2, 0.25) is 0 Å². The number of ether oxygens (including phenoxy) is 1. The van der Waals surface area contributed by atoms with Gasteiger partial charge in [-0.25, -0.2) is 0 Å². The molecule has 0 saturated carbocycles. The van der Waals surface area contributed by atoms with Crippen LogP contribution in [0.4, 0.5) is 17.1 Å². The van der Waals surface area contributed by atoms with E-state index < -0.39 is 0 Å². The zero-order valence-corrected chi connectivity index (χ0v) is 30.8. The Morgan fingerprint density at radius 1 is 0.400 bits per heavy atom. The van der Waals surface area contributed by atoms with Gasteiger partial charge in [0.1, 0.15) is 11.5 Å². The average Bonchev–Trinajstić information content (AvgIpc) is 3.37. The second-order valence-electron chi connectivity index (χ2n) is 15.3. The molecule has 0 saturated heterocycles. The van der Waals surface area contributed by atoms with Crippen molar-refractivity contribution >= 4 is 38.6 Å². The Bertz CT molecular complexity index is 2990. The Kier molecular flexibility index (Phi) is 6.93.